The van der Waals surface area contributed by atoms with Crippen LogP contribution in [0.15, 0.2) is 53.4 Å². The molecule has 148 valence electrons. The van der Waals surface area contributed by atoms with Gasteiger partial charge in [-0.05, 0) is 37.1 Å². The fourth-order valence-electron chi connectivity index (χ4n) is 3.11. The summed E-state index contributed by atoms with van der Waals surface area (Å²) in [4.78, 5) is 22.9. The molecule has 1 heterocycles. The van der Waals surface area contributed by atoms with E-state index in [9.17, 15) is 23.3 Å². The molecule has 28 heavy (non-hydrogen) atoms. The van der Waals surface area contributed by atoms with E-state index >= 15 is 0 Å². The lowest BCUT2D eigenvalue weighted by atomic mass is 10.0. The van der Waals surface area contributed by atoms with E-state index < -0.39 is 26.9 Å². The Balaban J connectivity index is 1.86. The summed E-state index contributed by atoms with van der Waals surface area (Å²) in [7, 11) is -3.98. The van der Waals surface area contributed by atoms with Gasteiger partial charge in [-0.15, -0.1) is 0 Å². The number of non-ortho nitro benzene ring substituents is 1. The molecule has 1 saturated heterocycles. The molecule has 3 rings (SSSR count). The van der Waals surface area contributed by atoms with Gasteiger partial charge in [-0.1, -0.05) is 30.2 Å². The standard InChI is InChI=1S/C18H18ClN3O5S/c19-15-5-1-2-6-16(15)20-18(23)17-7-3-4-12-21(17)28(26,27)14-10-8-13(9-11-14)22(24)25/h1-2,5-6,8-11,17H,3-4,7,12H2,(H,20,23). The number of nitrogens with zero attached hydrogens (tertiary/aromatic N) is 2. The van der Waals surface area contributed by atoms with Crippen molar-refractivity contribution < 1.29 is 18.1 Å². The Hall–Kier alpha value is -2.49. The number of rotatable bonds is 5. The van der Waals surface area contributed by atoms with Gasteiger partial charge in [-0.2, -0.15) is 4.31 Å². The molecule has 2 aromatic rings. The van der Waals surface area contributed by atoms with E-state index in [2.05, 4.69) is 5.32 Å². The predicted octanol–water partition coefficient (Wildman–Crippen LogP) is 3.43. The number of carbonyl (C=O) groups excluding carboxylic acids is 1. The van der Waals surface area contributed by atoms with Crippen molar-refractivity contribution in [3.8, 4) is 0 Å². The van der Waals surface area contributed by atoms with E-state index in [1.54, 1.807) is 24.3 Å². The predicted molar refractivity (Wildman–Crippen MR) is 105 cm³/mol. The summed E-state index contributed by atoms with van der Waals surface area (Å²) in [5.41, 5.74) is 0.207. The van der Waals surface area contributed by atoms with Crippen LogP contribution in [-0.2, 0) is 14.8 Å². The van der Waals surface area contributed by atoms with Crippen LogP contribution in [0.2, 0.25) is 5.02 Å². The second-order valence-corrected chi connectivity index (χ2v) is 8.65. The molecule has 1 aliphatic heterocycles. The number of para-hydroxylation sites is 1. The quantitative estimate of drug-likeness (QED) is 0.585. The Kier molecular flexibility index (Phi) is 5.97. The van der Waals surface area contributed by atoms with Crippen molar-refractivity contribution in [2.75, 3.05) is 11.9 Å². The molecule has 0 radical (unpaired) electrons. The first kappa shape index (κ1) is 20.2. The number of piperidine rings is 1. The molecule has 0 spiro atoms. The van der Waals surface area contributed by atoms with Crippen molar-refractivity contribution in [3.63, 3.8) is 0 Å². The van der Waals surface area contributed by atoms with Crippen molar-refractivity contribution in [3.05, 3.63) is 63.7 Å². The highest BCUT2D eigenvalue weighted by Gasteiger charge is 2.37. The molecule has 1 aliphatic rings. The second-order valence-electron chi connectivity index (χ2n) is 6.35. The van der Waals surface area contributed by atoms with Gasteiger partial charge in [0.25, 0.3) is 5.69 Å². The first-order valence-corrected chi connectivity index (χ1v) is 10.4. The lowest BCUT2D eigenvalue weighted by Crippen LogP contribution is -2.49. The molecule has 1 unspecified atom stereocenters. The van der Waals surface area contributed by atoms with Crippen molar-refractivity contribution >= 4 is 38.9 Å². The van der Waals surface area contributed by atoms with Crippen molar-refractivity contribution in [1.82, 2.24) is 4.31 Å². The maximum absolute atomic E-state index is 13.1. The van der Waals surface area contributed by atoms with Crippen LogP contribution in [0, 0.1) is 10.1 Å². The topological polar surface area (TPSA) is 110 Å². The number of hydrogen-bond acceptors (Lipinski definition) is 5. The maximum atomic E-state index is 13.1. The smallest absolute Gasteiger partial charge is 0.269 e. The Morgan fingerprint density at radius 3 is 2.46 bits per heavy atom. The van der Waals surface area contributed by atoms with Gasteiger partial charge >= 0.3 is 0 Å². The van der Waals surface area contributed by atoms with Crippen molar-refractivity contribution in [2.45, 2.75) is 30.2 Å². The molecule has 1 amide bonds. The van der Waals surface area contributed by atoms with Gasteiger partial charge in [0, 0.05) is 18.7 Å². The Morgan fingerprint density at radius 2 is 1.82 bits per heavy atom. The zero-order chi connectivity index (χ0) is 20.3. The first-order chi connectivity index (χ1) is 13.3. The average Bonchev–Trinajstić information content (AvgIpc) is 2.69. The van der Waals surface area contributed by atoms with Gasteiger partial charge in [-0.25, -0.2) is 8.42 Å². The van der Waals surface area contributed by atoms with Crippen LogP contribution in [0.4, 0.5) is 11.4 Å². The minimum atomic E-state index is -3.98. The fraction of sp³-hybridized carbons (Fsp3) is 0.278. The number of hydrogen-bond donors (Lipinski definition) is 1. The van der Waals surface area contributed by atoms with Crippen LogP contribution in [0.3, 0.4) is 0 Å². The molecule has 1 N–H and O–H groups in total. The summed E-state index contributed by atoms with van der Waals surface area (Å²) in [6.07, 6.45) is 1.72. The zero-order valence-electron chi connectivity index (χ0n) is 14.7. The molecular formula is C18H18ClN3O5S. The molecule has 0 bridgehead atoms. The van der Waals surface area contributed by atoms with Crippen molar-refractivity contribution in [1.29, 1.82) is 0 Å². The van der Waals surface area contributed by atoms with E-state index in [1.807, 2.05) is 0 Å². The fourth-order valence-corrected chi connectivity index (χ4v) is 4.95. The number of anilines is 1. The number of carbonyl (C=O) groups is 1. The van der Waals surface area contributed by atoms with Crippen LogP contribution in [0.1, 0.15) is 19.3 Å². The SMILES string of the molecule is O=C(Nc1ccccc1Cl)C1CCCCN1S(=O)(=O)c1ccc([N+](=O)[O-])cc1. The Bertz CT molecular complexity index is 995. The molecular weight excluding hydrogens is 406 g/mol. The third-order valence-electron chi connectivity index (χ3n) is 4.54. The number of nitrogens with one attached hydrogen (secondary N) is 1. The molecule has 1 fully saturated rings. The Labute approximate surface area is 167 Å². The highest BCUT2D eigenvalue weighted by molar-refractivity contribution is 7.89. The van der Waals surface area contributed by atoms with Crippen LogP contribution in [0.5, 0.6) is 0 Å². The zero-order valence-corrected chi connectivity index (χ0v) is 16.3. The van der Waals surface area contributed by atoms with Crippen LogP contribution in [0.25, 0.3) is 0 Å². The van der Waals surface area contributed by atoms with Crippen LogP contribution in [-0.4, -0.2) is 36.1 Å². The summed E-state index contributed by atoms with van der Waals surface area (Å²) >= 11 is 6.07. The normalized spacial score (nSPS) is 17.8. The molecule has 1 atom stereocenters. The highest BCUT2D eigenvalue weighted by atomic mass is 35.5. The van der Waals surface area contributed by atoms with Gasteiger partial charge in [-0.3, -0.25) is 14.9 Å². The minimum Gasteiger partial charge on any atom is -0.323 e. The number of amides is 1. The third kappa shape index (κ3) is 4.16. The molecule has 0 aromatic heterocycles. The summed E-state index contributed by atoms with van der Waals surface area (Å²) in [5, 5.41) is 13.8. The van der Waals surface area contributed by atoms with E-state index in [1.165, 1.54) is 12.1 Å². The van der Waals surface area contributed by atoms with Gasteiger partial charge in [0.2, 0.25) is 15.9 Å². The molecule has 8 nitrogen and oxygen atoms in total. The average molecular weight is 424 g/mol. The summed E-state index contributed by atoms with van der Waals surface area (Å²) in [6.45, 7) is 0.194. The van der Waals surface area contributed by atoms with Gasteiger partial charge < -0.3 is 5.32 Å². The number of halogens is 1. The van der Waals surface area contributed by atoms with Gasteiger partial charge in [0.1, 0.15) is 6.04 Å². The maximum Gasteiger partial charge on any atom is 0.269 e. The number of benzene rings is 2. The van der Waals surface area contributed by atoms with Gasteiger partial charge in [0.15, 0.2) is 0 Å². The largest absolute Gasteiger partial charge is 0.323 e. The van der Waals surface area contributed by atoms with E-state index in [4.69, 9.17) is 11.6 Å². The Morgan fingerprint density at radius 1 is 1.14 bits per heavy atom. The molecule has 0 saturated carbocycles. The van der Waals surface area contributed by atoms with E-state index in [0.717, 1.165) is 16.4 Å². The highest BCUT2D eigenvalue weighted by Crippen LogP contribution is 2.28. The van der Waals surface area contributed by atoms with Crippen LogP contribution >= 0.6 is 11.6 Å². The lowest BCUT2D eigenvalue weighted by Gasteiger charge is -2.33. The lowest BCUT2D eigenvalue weighted by molar-refractivity contribution is -0.384. The third-order valence-corrected chi connectivity index (χ3v) is 6.79. The molecule has 2 aromatic carbocycles. The van der Waals surface area contributed by atoms with E-state index in [-0.39, 0.29) is 17.1 Å². The number of sulfonamides is 1. The summed E-state index contributed by atoms with van der Waals surface area (Å²) < 4.78 is 27.3. The first-order valence-electron chi connectivity index (χ1n) is 8.62. The van der Waals surface area contributed by atoms with Crippen molar-refractivity contribution in [2.24, 2.45) is 0 Å². The van der Waals surface area contributed by atoms with E-state index in [0.29, 0.717) is 30.0 Å². The summed E-state index contributed by atoms with van der Waals surface area (Å²) in [6, 6.07) is 10.5. The summed E-state index contributed by atoms with van der Waals surface area (Å²) in [5.74, 6) is -0.460. The van der Waals surface area contributed by atoms with Crippen LogP contribution < -0.4 is 5.32 Å². The molecule has 0 aliphatic carbocycles. The number of nitro groups is 1. The monoisotopic (exact) mass is 423 g/mol. The number of nitro benzene ring substituents is 1. The molecule has 10 heteroatoms. The van der Waals surface area contributed by atoms with Gasteiger partial charge in [0.05, 0.1) is 20.5 Å². The second kappa shape index (κ2) is 8.26. The minimum absolute atomic E-state index is 0.0875.